The molecule has 0 amide bonds. The summed E-state index contributed by atoms with van der Waals surface area (Å²) in [5.74, 6) is 1.83. The fourth-order valence-electron chi connectivity index (χ4n) is 2.02. The summed E-state index contributed by atoms with van der Waals surface area (Å²) in [5, 5.41) is 6.69. The van der Waals surface area contributed by atoms with Gasteiger partial charge in [0.2, 0.25) is 0 Å². The van der Waals surface area contributed by atoms with Gasteiger partial charge in [-0.1, -0.05) is 30.0 Å². The molecule has 3 heterocycles. The number of nitrogens with zero attached hydrogens (tertiary/aromatic N) is 4. The van der Waals surface area contributed by atoms with E-state index in [1.165, 1.54) is 0 Å². The van der Waals surface area contributed by atoms with E-state index in [9.17, 15) is 0 Å². The number of aryl methyl sites for hydroxylation is 1. The van der Waals surface area contributed by atoms with Gasteiger partial charge in [-0.25, -0.2) is 14.6 Å². The van der Waals surface area contributed by atoms with Crippen LogP contribution < -0.4 is 0 Å². The van der Waals surface area contributed by atoms with Gasteiger partial charge in [-0.3, -0.25) is 0 Å². The maximum Gasteiger partial charge on any atom is 0.186 e. The smallest absolute Gasteiger partial charge is 0.186 e. The average Bonchev–Trinajstić information content (AvgIpc) is 2.88. The van der Waals surface area contributed by atoms with Gasteiger partial charge in [0, 0.05) is 11.1 Å². The van der Waals surface area contributed by atoms with Crippen LogP contribution in [0.25, 0.3) is 22.4 Å². The van der Waals surface area contributed by atoms with Crippen LogP contribution in [0.2, 0.25) is 0 Å². The van der Waals surface area contributed by atoms with E-state index in [0.717, 1.165) is 39.9 Å². The molecule has 0 spiro atoms. The standard InChI is InChI=1S/C11H8N4S/c1-2-4-8-7(3-1)9-10(12-8)13-11-15(14-9)5-6-16-11/h1-4H,5-6H2. The molecule has 0 bridgehead atoms. The fraction of sp³-hybridized carbons (Fsp3) is 0.182. The van der Waals surface area contributed by atoms with Crippen molar-refractivity contribution in [3.05, 3.63) is 24.3 Å². The van der Waals surface area contributed by atoms with Crippen molar-refractivity contribution in [2.24, 2.45) is 0 Å². The molecule has 16 heavy (non-hydrogen) atoms. The van der Waals surface area contributed by atoms with Gasteiger partial charge in [0.05, 0.1) is 12.1 Å². The van der Waals surface area contributed by atoms with Crippen LogP contribution in [0, 0.1) is 0 Å². The summed E-state index contributed by atoms with van der Waals surface area (Å²) < 4.78 is 1.97. The first kappa shape index (κ1) is 8.52. The molecule has 5 heteroatoms. The van der Waals surface area contributed by atoms with Crippen molar-refractivity contribution in [1.29, 1.82) is 0 Å². The van der Waals surface area contributed by atoms with Crippen molar-refractivity contribution in [1.82, 2.24) is 19.7 Å². The molecular weight excluding hydrogens is 220 g/mol. The highest BCUT2D eigenvalue weighted by molar-refractivity contribution is 7.99. The third-order valence-electron chi connectivity index (χ3n) is 2.77. The Morgan fingerprint density at radius 3 is 3.12 bits per heavy atom. The van der Waals surface area contributed by atoms with Crippen LogP contribution in [0.1, 0.15) is 0 Å². The molecule has 3 aliphatic heterocycles. The van der Waals surface area contributed by atoms with Crippen LogP contribution >= 0.6 is 11.8 Å². The largest absolute Gasteiger partial charge is 0.241 e. The molecule has 3 aliphatic rings. The monoisotopic (exact) mass is 228 g/mol. The fourth-order valence-corrected chi connectivity index (χ4v) is 2.90. The normalized spacial score (nSPS) is 14.8. The summed E-state index contributed by atoms with van der Waals surface area (Å²) in [7, 11) is 0. The summed E-state index contributed by atoms with van der Waals surface area (Å²) in [5.41, 5.74) is 1.90. The Balaban J connectivity index is 2.15. The van der Waals surface area contributed by atoms with E-state index in [1.807, 2.05) is 28.9 Å². The highest BCUT2D eigenvalue weighted by atomic mass is 32.2. The molecule has 0 radical (unpaired) electrons. The minimum Gasteiger partial charge on any atom is -0.241 e. The molecular formula is C11H8N4S. The Morgan fingerprint density at radius 2 is 2.12 bits per heavy atom. The van der Waals surface area contributed by atoms with Gasteiger partial charge in [-0.2, -0.15) is 5.10 Å². The third kappa shape index (κ3) is 1.03. The average molecular weight is 228 g/mol. The second-order valence-corrected chi connectivity index (χ2v) is 4.83. The minimum absolute atomic E-state index is 0.766. The predicted octanol–water partition coefficient (Wildman–Crippen LogP) is 2.04. The first-order chi connectivity index (χ1) is 7.92. The topological polar surface area (TPSA) is 43.6 Å². The molecule has 78 valence electrons. The Morgan fingerprint density at radius 1 is 1.19 bits per heavy atom. The second-order valence-electron chi connectivity index (χ2n) is 3.77. The van der Waals surface area contributed by atoms with Gasteiger partial charge in [0.1, 0.15) is 5.69 Å². The number of thioether (sulfide) groups is 1. The first-order valence-electron chi connectivity index (χ1n) is 5.18. The number of hydrogen-bond acceptors (Lipinski definition) is 4. The molecule has 0 atom stereocenters. The summed E-state index contributed by atoms with van der Waals surface area (Å²) in [6.45, 7) is 0.947. The maximum absolute atomic E-state index is 4.61. The van der Waals surface area contributed by atoms with Gasteiger partial charge >= 0.3 is 0 Å². The molecule has 0 saturated carbocycles. The van der Waals surface area contributed by atoms with Crippen LogP contribution in [0.5, 0.6) is 0 Å². The number of rotatable bonds is 0. The van der Waals surface area contributed by atoms with E-state index in [1.54, 1.807) is 11.8 Å². The van der Waals surface area contributed by atoms with Crippen molar-refractivity contribution in [3.8, 4) is 11.5 Å². The third-order valence-corrected chi connectivity index (χ3v) is 3.72. The lowest BCUT2D eigenvalue weighted by Crippen LogP contribution is -2.06. The van der Waals surface area contributed by atoms with E-state index in [4.69, 9.17) is 0 Å². The number of fused-ring (bicyclic) bond motifs is 4. The van der Waals surface area contributed by atoms with Crippen LogP contribution in [-0.4, -0.2) is 25.5 Å². The SMILES string of the molecule is c1ccc2c3nn4c(nc-3nc2c1)SCC4. The lowest BCUT2D eigenvalue weighted by molar-refractivity contribution is 0.578. The molecule has 0 aliphatic carbocycles. The van der Waals surface area contributed by atoms with E-state index in [0.29, 0.717) is 0 Å². The van der Waals surface area contributed by atoms with E-state index < -0.39 is 0 Å². The number of hydrogen-bond donors (Lipinski definition) is 0. The summed E-state index contributed by atoms with van der Waals surface area (Å²) >= 11 is 1.74. The quantitative estimate of drug-likeness (QED) is 0.590. The number of aromatic nitrogens is 4. The Hall–Kier alpha value is -1.62. The zero-order valence-corrected chi connectivity index (χ0v) is 9.24. The van der Waals surface area contributed by atoms with Gasteiger partial charge in [-0.05, 0) is 6.07 Å². The van der Waals surface area contributed by atoms with E-state index in [2.05, 4.69) is 15.1 Å². The summed E-state index contributed by atoms with van der Waals surface area (Å²) in [6.07, 6.45) is 0. The lowest BCUT2D eigenvalue weighted by atomic mass is 10.2. The van der Waals surface area contributed by atoms with Crippen molar-refractivity contribution in [2.75, 3.05) is 5.75 Å². The highest BCUT2D eigenvalue weighted by Crippen LogP contribution is 2.31. The highest BCUT2D eigenvalue weighted by Gasteiger charge is 2.20. The van der Waals surface area contributed by atoms with E-state index in [-0.39, 0.29) is 0 Å². The molecule has 4 rings (SSSR count). The van der Waals surface area contributed by atoms with E-state index >= 15 is 0 Å². The predicted molar refractivity (Wildman–Crippen MR) is 62.7 cm³/mol. The van der Waals surface area contributed by atoms with Crippen molar-refractivity contribution in [3.63, 3.8) is 0 Å². The van der Waals surface area contributed by atoms with Gasteiger partial charge in [-0.15, -0.1) is 0 Å². The number of benzene rings is 1. The van der Waals surface area contributed by atoms with Crippen molar-refractivity contribution < 1.29 is 0 Å². The first-order valence-corrected chi connectivity index (χ1v) is 6.16. The van der Waals surface area contributed by atoms with Crippen LogP contribution in [0.3, 0.4) is 0 Å². The molecule has 0 aromatic heterocycles. The minimum atomic E-state index is 0.766. The molecule has 0 saturated heterocycles. The van der Waals surface area contributed by atoms with Gasteiger partial charge < -0.3 is 0 Å². The summed E-state index contributed by atoms with van der Waals surface area (Å²) in [6, 6.07) is 8.05. The molecule has 4 nitrogen and oxygen atoms in total. The molecule has 0 N–H and O–H groups in total. The number of para-hydroxylation sites is 1. The second kappa shape index (κ2) is 2.95. The zero-order chi connectivity index (χ0) is 10.5. The Bertz CT molecular complexity index is 660. The van der Waals surface area contributed by atoms with Crippen LogP contribution in [0.15, 0.2) is 29.4 Å². The Labute approximate surface area is 96.0 Å². The van der Waals surface area contributed by atoms with Crippen LogP contribution in [0.4, 0.5) is 0 Å². The molecule has 1 aromatic carbocycles. The molecule has 0 fully saturated rings. The van der Waals surface area contributed by atoms with Crippen molar-refractivity contribution in [2.45, 2.75) is 11.7 Å². The van der Waals surface area contributed by atoms with Crippen LogP contribution in [-0.2, 0) is 6.54 Å². The molecule has 0 unspecified atom stereocenters. The van der Waals surface area contributed by atoms with Gasteiger partial charge in [0.15, 0.2) is 11.0 Å². The summed E-state index contributed by atoms with van der Waals surface area (Å²) in [4.78, 5) is 9.04. The van der Waals surface area contributed by atoms with Gasteiger partial charge in [0.25, 0.3) is 0 Å². The zero-order valence-electron chi connectivity index (χ0n) is 8.42. The van der Waals surface area contributed by atoms with Crippen molar-refractivity contribution >= 4 is 22.7 Å². The maximum atomic E-state index is 4.61. The Kier molecular flexibility index (Phi) is 1.57. The lowest BCUT2D eigenvalue weighted by Gasteiger charge is -2.03. The molecule has 1 aromatic rings.